The zero-order valence-electron chi connectivity index (χ0n) is 20.4. The number of amides is 2. The van der Waals surface area contributed by atoms with Crippen LogP contribution in [0, 0.1) is 5.41 Å². The lowest BCUT2D eigenvalue weighted by Gasteiger charge is -2.38. The molecule has 0 radical (unpaired) electrons. The molecule has 7 nitrogen and oxygen atoms in total. The van der Waals surface area contributed by atoms with Gasteiger partial charge in [-0.05, 0) is 59.8 Å². The lowest BCUT2D eigenvalue weighted by molar-refractivity contribution is -0.151. The van der Waals surface area contributed by atoms with Crippen LogP contribution in [-0.4, -0.2) is 41.8 Å². The lowest BCUT2D eigenvalue weighted by atomic mass is 9.76. The molecule has 35 heavy (non-hydrogen) atoms. The van der Waals surface area contributed by atoms with Crippen LogP contribution in [0.25, 0.3) is 11.1 Å². The number of carbonyl (C=O) groups is 3. The first-order chi connectivity index (χ1) is 16.7. The fourth-order valence-electron chi connectivity index (χ4n) is 4.98. The third-order valence-corrected chi connectivity index (χ3v) is 7.44. The summed E-state index contributed by atoms with van der Waals surface area (Å²) in [7, 11) is 0. The zero-order valence-corrected chi connectivity index (χ0v) is 20.4. The van der Waals surface area contributed by atoms with Crippen LogP contribution in [0.2, 0.25) is 0 Å². The summed E-state index contributed by atoms with van der Waals surface area (Å²) in [4.78, 5) is 36.1. The maximum atomic E-state index is 12.4. The Morgan fingerprint density at radius 2 is 1.60 bits per heavy atom. The molecule has 1 fully saturated rings. The van der Waals surface area contributed by atoms with E-state index in [-0.39, 0.29) is 30.3 Å². The van der Waals surface area contributed by atoms with Gasteiger partial charge in [0.1, 0.15) is 12.1 Å². The van der Waals surface area contributed by atoms with Crippen molar-refractivity contribution in [1.82, 2.24) is 10.6 Å². The van der Waals surface area contributed by atoms with Gasteiger partial charge in [0.2, 0.25) is 5.91 Å². The first-order valence-corrected chi connectivity index (χ1v) is 12.3. The molecule has 0 atom stereocenters. The topological polar surface area (TPSA) is 105 Å². The second kappa shape index (κ2) is 10.1. The second-order valence-corrected chi connectivity index (χ2v) is 10.5. The van der Waals surface area contributed by atoms with E-state index in [0.717, 1.165) is 6.42 Å². The highest BCUT2D eigenvalue weighted by Crippen LogP contribution is 2.44. The van der Waals surface area contributed by atoms with E-state index in [1.54, 1.807) is 0 Å². The van der Waals surface area contributed by atoms with Gasteiger partial charge >= 0.3 is 12.1 Å². The summed E-state index contributed by atoms with van der Waals surface area (Å²) >= 11 is 0. The molecule has 2 amide bonds. The molecule has 2 aromatic rings. The van der Waals surface area contributed by atoms with Crippen molar-refractivity contribution in [2.24, 2.45) is 5.41 Å². The number of carboxylic acids is 1. The van der Waals surface area contributed by atoms with E-state index < -0.39 is 17.6 Å². The van der Waals surface area contributed by atoms with Crippen LogP contribution in [0.3, 0.4) is 0 Å². The predicted octanol–water partition coefficient (Wildman–Crippen LogP) is 4.85. The molecule has 186 valence electrons. The van der Waals surface area contributed by atoms with E-state index in [0.29, 0.717) is 32.2 Å². The number of hydrogen-bond acceptors (Lipinski definition) is 4. The van der Waals surface area contributed by atoms with Crippen molar-refractivity contribution in [3.05, 3.63) is 59.7 Å². The molecule has 0 unspecified atom stereocenters. The fourth-order valence-corrected chi connectivity index (χ4v) is 4.98. The molecule has 2 aliphatic carbocycles. The summed E-state index contributed by atoms with van der Waals surface area (Å²) in [6, 6.07) is 16.4. The van der Waals surface area contributed by atoms with Crippen molar-refractivity contribution in [2.45, 2.75) is 63.8 Å². The fraction of sp³-hybridized carbons (Fsp3) is 0.464. The normalized spacial score (nSPS) is 15.9. The van der Waals surface area contributed by atoms with E-state index in [9.17, 15) is 19.5 Å². The van der Waals surface area contributed by atoms with Crippen LogP contribution < -0.4 is 10.6 Å². The highest BCUT2D eigenvalue weighted by molar-refractivity contribution is 5.87. The van der Waals surface area contributed by atoms with Crippen LogP contribution in [0.15, 0.2) is 48.5 Å². The third-order valence-electron chi connectivity index (χ3n) is 7.44. The highest BCUT2D eigenvalue weighted by Gasteiger charge is 2.45. The van der Waals surface area contributed by atoms with Crippen LogP contribution in [0.4, 0.5) is 4.79 Å². The highest BCUT2D eigenvalue weighted by atomic mass is 16.5. The Morgan fingerprint density at radius 1 is 1.00 bits per heavy atom. The number of benzene rings is 2. The van der Waals surface area contributed by atoms with Gasteiger partial charge in [0, 0.05) is 18.9 Å². The first kappa shape index (κ1) is 24.8. The molecule has 7 heteroatoms. The summed E-state index contributed by atoms with van der Waals surface area (Å²) in [5.74, 6) is -1.17. The molecule has 0 heterocycles. The van der Waals surface area contributed by atoms with Crippen molar-refractivity contribution in [3.63, 3.8) is 0 Å². The number of nitrogens with one attached hydrogen (secondary N) is 2. The van der Waals surface area contributed by atoms with E-state index in [1.807, 2.05) is 38.1 Å². The maximum Gasteiger partial charge on any atom is 0.407 e. The monoisotopic (exact) mass is 478 g/mol. The number of carboxylic acid groups (broad SMARTS) is 1. The molecule has 0 aliphatic heterocycles. The molecule has 0 saturated heterocycles. The van der Waals surface area contributed by atoms with Gasteiger partial charge in [0.25, 0.3) is 0 Å². The Bertz CT molecular complexity index is 1060. The molecule has 1 saturated carbocycles. The second-order valence-electron chi connectivity index (χ2n) is 10.5. The van der Waals surface area contributed by atoms with Crippen molar-refractivity contribution in [1.29, 1.82) is 0 Å². The molecular formula is C28H34N2O5. The number of hydrogen-bond donors (Lipinski definition) is 3. The summed E-state index contributed by atoms with van der Waals surface area (Å²) in [6.07, 6.45) is 2.87. The van der Waals surface area contributed by atoms with Crippen molar-refractivity contribution < 1.29 is 24.2 Å². The number of ether oxygens (including phenoxy) is 1. The molecule has 3 N–H and O–H groups in total. The van der Waals surface area contributed by atoms with E-state index in [2.05, 4.69) is 34.9 Å². The van der Waals surface area contributed by atoms with Gasteiger partial charge in [-0.2, -0.15) is 0 Å². The van der Waals surface area contributed by atoms with Crippen LogP contribution in [0.1, 0.15) is 69.4 Å². The maximum absolute atomic E-state index is 12.4. The summed E-state index contributed by atoms with van der Waals surface area (Å²) in [5.41, 5.74) is 3.46. The van der Waals surface area contributed by atoms with Gasteiger partial charge in [0.15, 0.2) is 0 Å². The SMILES string of the molecule is CC(C)(CCNC(=O)OCC1c2ccccc2-c2ccccc21)CCC(=O)NC1(C(=O)O)CCC1. The summed E-state index contributed by atoms with van der Waals surface area (Å²) in [6.45, 7) is 4.78. The summed E-state index contributed by atoms with van der Waals surface area (Å²) < 4.78 is 5.58. The van der Waals surface area contributed by atoms with Gasteiger partial charge in [-0.25, -0.2) is 9.59 Å². The number of rotatable bonds is 10. The minimum Gasteiger partial charge on any atom is -0.480 e. The summed E-state index contributed by atoms with van der Waals surface area (Å²) in [5, 5.41) is 14.9. The van der Waals surface area contributed by atoms with Crippen molar-refractivity contribution in [2.75, 3.05) is 13.2 Å². The standard InChI is InChI=1S/C28H34N2O5/c1-27(2,15-12-24(31)30-28(25(32)33)13-7-14-28)16-17-29-26(34)35-18-23-21-10-5-3-8-19(21)20-9-4-6-11-22(20)23/h3-6,8-11,23H,7,12-18H2,1-2H3,(H,29,34)(H,30,31)(H,32,33). The predicted molar refractivity (Wildman–Crippen MR) is 133 cm³/mol. The van der Waals surface area contributed by atoms with E-state index >= 15 is 0 Å². The van der Waals surface area contributed by atoms with Crippen LogP contribution in [-0.2, 0) is 14.3 Å². The Labute approximate surface area is 206 Å². The Hall–Kier alpha value is -3.35. The van der Waals surface area contributed by atoms with E-state index in [1.165, 1.54) is 22.3 Å². The number of carbonyl (C=O) groups excluding carboxylic acids is 2. The number of fused-ring (bicyclic) bond motifs is 3. The van der Waals surface area contributed by atoms with Crippen LogP contribution in [0.5, 0.6) is 0 Å². The minimum absolute atomic E-state index is 0.0212. The lowest BCUT2D eigenvalue weighted by Crippen LogP contribution is -2.59. The largest absolute Gasteiger partial charge is 0.480 e. The first-order valence-electron chi connectivity index (χ1n) is 12.3. The average molecular weight is 479 g/mol. The molecule has 0 spiro atoms. The van der Waals surface area contributed by atoms with Gasteiger partial charge < -0.3 is 20.5 Å². The van der Waals surface area contributed by atoms with Crippen LogP contribution >= 0.6 is 0 Å². The number of aliphatic carboxylic acids is 1. The Balaban J connectivity index is 1.20. The van der Waals surface area contributed by atoms with Gasteiger partial charge in [-0.1, -0.05) is 62.4 Å². The minimum atomic E-state index is -1.08. The number of alkyl carbamates (subject to hydrolysis) is 1. The van der Waals surface area contributed by atoms with Crippen molar-refractivity contribution in [3.8, 4) is 11.1 Å². The Morgan fingerprint density at radius 3 is 2.14 bits per heavy atom. The average Bonchev–Trinajstić information content (AvgIpc) is 3.12. The molecule has 4 rings (SSSR count). The van der Waals surface area contributed by atoms with Crippen molar-refractivity contribution >= 4 is 18.0 Å². The molecule has 2 aliphatic rings. The van der Waals surface area contributed by atoms with Gasteiger partial charge in [0.05, 0.1) is 0 Å². The quantitative estimate of drug-likeness (QED) is 0.453. The molecule has 2 aromatic carbocycles. The third kappa shape index (κ3) is 5.50. The van der Waals surface area contributed by atoms with Gasteiger partial charge in [-0.15, -0.1) is 0 Å². The smallest absolute Gasteiger partial charge is 0.407 e. The Kier molecular flexibility index (Phi) is 7.15. The van der Waals surface area contributed by atoms with Gasteiger partial charge in [-0.3, -0.25) is 4.79 Å². The molecule has 0 aromatic heterocycles. The zero-order chi connectivity index (χ0) is 25.1. The molecular weight excluding hydrogens is 444 g/mol. The molecule has 0 bridgehead atoms. The van der Waals surface area contributed by atoms with E-state index in [4.69, 9.17) is 4.74 Å².